The maximum absolute atomic E-state index is 12.6. The largest absolute Gasteiger partial charge is 0.369 e. The summed E-state index contributed by atoms with van der Waals surface area (Å²) in [4.78, 5) is 13.3. The zero-order chi connectivity index (χ0) is 21.7. The maximum Gasteiger partial charge on any atom is 0.240 e. The van der Waals surface area contributed by atoms with Crippen LogP contribution in [-0.4, -0.2) is 36.5 Å². The molecular weight excluding hydrogens is 400 g/mol. The number of pyridine rings is 1. The average Bonchev–Trinajstić information content (AvgIpc) is 2.67. The molecule has 3 rings (SSSR count). The van der Waals surface area contributed by atoms with Crippen molar-refractivity contribution in [2.45, 2.75) is 32.6 Å². The molecule has 158 valence electrons. The molecule has 0 aliphatic carbocycles. The molecule has 0 fully saturated rings. The van der Waals surface area contributed by atoms with Crippen LogP contribution in [-0.2, 0) is 10.0 Å². The lowest BCUT2D eigenvalue weighted by Gasteiger charge is -2.12. The standard InChI is InChI=1S/C21H26N6O2S/c1-14-5-6-16(3)18(11-14)30(28,29)24-10-9-23-20-13-21(26-17(4)25-20)27-19-12-15(2)7-8-22-19/h5-8,11-13,24H,9-10H2,1-4H3,(H2,22,23,25,26,27). The monoisotopic (exact) mass is 426 g/mol. The Morgan fingerprint density at radius 3 is 2.33 bits per heavy atom. The van der Waals surface area contributed by atoms with Gasteiger partial charge in [0.2, 0.25) is 10.0 Å². The first-order valence-corrected chi connectivity index (χ1v) is 11.1. The number of rotatable bonds is 8. The van der Waals surface area contributed by atoms with E-state index < -0.39 is 10.0 Å². The second-order valence-corrected chi connectivity index (χ2v) is 8.86. The highest BCUT2D eigenvalue weighted by Crippen LogP contribution is 2.17. The summed E-state index contributed by atoms with van der Waals surface area (Å²) in [5.41, 5.74) is 2.71. The highest BCUT2D eigenvalue weighted by Gasteiger charge is 2.16. The quantitative estimate of drug-likeness (QED) is 0.475. The van der Waals surface area contributed by atoms with Crippen molar-refractivity contribution in [1.29, 1.82) is 0 Å². The molecule has 2 heterocycles. The minimum atomic E-state index is -3.57. The van der Waals surface area contributed by atoms with Gasteiger partial charge in [0.1, 0.15) is 23.3 Å². The Balaban J connectivity index is 1.61. The van der Waals surface area contributed by atoms with E-state index in [0.717, 1.165) is 11.1 Å². The van der Waals surface area contributed by atoms with Crippen molar-refractivity contribution < 1.29 is 8.42 Å². The fraction of sp³-hybridized carbons (Fsp3) is 0.286. The normalized spacial score (nSPS) is 11.3. The highest BCUT2D eigenvalue weighted by atomic mass is 32.2. The van der Waals surface area contributed by atoms with Gasteiger partial charge in [-0.25, -0.2) is 28.1 Å². The lowest BCUT2D eigenvalue weighted by atomic mass is 10.2. The molecule has 0 spiro atoms. The minimum absolute atomic E-state index is 0.223. The van der Waals surface area contributed by atoms with Crippen molar-refractivity contribution in [3.8, 4) is 0 Å². The van der Waals surface area contributed by atoms with Crippen molar-refractivity contribution in [3.63, 3.8) is 0 Å². The third-order valence-electron chi connectivity index (χ3n) is 4.37. The molecule has 30 heavy (non-hydrogen) atoms. The van der Waals surface area contributed by atoms with Gasteiger partial charge in [0.15, 0.2) is 0 Å². The van der Waals surface area contributed by atoms with E-state index in [1.54, 1.807) is 32.2 Å². The first-order chi connectivity index (χ1) is 14.2. The van der Waals surface area contributed by atoms with E-state index in [0.29, 0.717) is 40.3 Å². The summed E-state index contributed by atoms with van der Waals surface area (Å²) in [6.45, 7) is 8.04. The third kappa shape index (κ3) is 5.74. The fourth-order valence-electron chi connectivity index (χ4n) is 2.91. The predicted octanol–water partition coefficient (Wildman–Crippen LogP) is 3.24. The van der Waals surface area contributed by atoms with Crippen LogP contribution in [0.5, 0.6) is 0 Å². The maximum atomic E-state index is 12.6. The van der Waals surface area contributed by atoms with Crippen molar-refractivity contribution >= 4 is 27.5 Å². The first-order valence-electron chi connectivity index (χ1n) is 9.59. The van der Waals surface area contributed by atoms with Gasteiger partial charge in [0, 0.05) is 25.4 Å². The van der Waals surface area contributed by atoms with E-state index >= 15 is 0 Å². The first kappa shape index (κ1) is 21.7. The van der Waals surface area contributed by atoms with Crippen LogP contribution >= 0.6 is 0 Å². The second kappa shape index (κ2) is 9.19. The van der Waals surface area contributed by atoms with Crippen LogP contribution in [0.1, 0.15) is 22.5 Å². The zero-order valence-electron chi connectivity index (χ0n) is 17.5. The number of hydrogen-bond acceptors (Lipinski definition) is 7. The Labute approximate surface area is 177 Å². The molecule has 0 saturated carbocycles. The van der Waals surface area contributed by atoms with Gasteiger partial charge in [-0.2, -0.15) is 0 Å². The van der Waals surface area contributed by atoms with E-state index in [4.69, 9.17) is 0 Å². The Bertz CT molecular complexity index is 1150. The Kier molecular flexibility index (Phi) is 6.63. The van der Waals surface area contributed by atoms with E-state index in [9.17, 15) is 8.42 Å². The van der Waals surface area contributed by atoms with Gasteiger partial charge in [0.05, 0.1) is 4.90 Å². The molecule has 0 amide bonds. The highest BCUT2D eigenvalue weighted by molar-refractivity contribution is 7.89. The van der Waals surface area contributed by atoms with Gasteiger partial charge in [-0.15, -0.1) is 0 Å². The van der Waals surface area contributed by atoms with E-state index in [1.807, 2.05) is 38.1 Å². The molecule has 2 aromatic heterocycles. The van der Waals surface area contributed by atoms with Crippen molar-refractivity contribution in [2.24, 2.45) is 0 Å². The second-order valence-electron chi connectivity index (χ2n) is 7.12. The predicted molar refractivity (Wildman–Crippen MR) is 119 cm³/mol. The van der Waals surface area contributed by atoms with Crippen molar-refractivity contribution in [1.82, 2.24) is 19.7 Å². The molecule has 0 radical (unpaired) electrons. The molecule has 3 N–H and O–H groups in total. The number of nitrogens with one attached hydrogen (secondary N) is 3. The number of sulfonamides is 1. The fourth-order valence-corrected chi connectivity index (χ4v) is 4.27. The van der Waals surface area contributed by atoms with Gasteiger partial charge < -0.3 is 10.6 Å². The summed E-state index contributed by atoms with van der Waals surface area (Å²) >= 11 is 0. The number of nitrogens with zero attached hydrogens (tertiary/aromatic N) is 3. The molecule has 0 aliphatic rings. The van der Waals surface area contributed by atoms with Crippen molar-refractivity contribution in [2.75, 3.05) is 23.7 Å². The molecule has 0 aliphatic heterocycles. The lowest BCUT2D eigenvalue weighted by molar-refractivity contribution is 0.582. The number of anilines is 3. The molecule has 1 aromatic carbocycles. The molecule has 0 bridgehead atoms. The van der Waals surface area contributed by atoms with Gasteiger partial charge in [-0.1, -0.05) is 12.1 Å². The smallest absolute Gasteiger partial charge is 0.240 e. The molecule has 9 heteroatoms. The summed E-state index contributed by atoms with van der Waals surface area (Å²) in [6, 6.07) is 11.0. The van der Waals surface area contributed by atoms with Crippen LogP contribution in [0.4, 0.5) is 17.5 Å². The van der Waals surface area contributed by atoms with Gasteiger partial charge in [-0.3, -0.25) is 0 Å². The van der Waals surface area contributed by atoms with E-state index in [2.05, 4.69) is 30.3 Å². The summed E-state index contributed by atoms with van der Waals surface area (Å²) in [7, 11) is -3.57. The average molecular weight is 427 g/mol. The summed E-state index contributed by atoms with van der Waals surface area (Å²) in [5, 5.41) is 6.29. The number of aryl methyl sites for hydroxylation is 4. The van der Waals surface area contributed by atoms with Crippen LogP contribution in [0.25, 0.3) is 0 Å². The van der Waals surface area contributed by atoms with Gasteiger partial charge in [-0.05, 0) is 62.6 Å². The molecular formula is C21H26N6O2S. The topological polar surface area (TPSA) is 109 Å². The summed E-state index contributed by atoms with van der Waals surface area (Å²) in [5.74, 6) is 2.49. The SMILES string of the molecule is Cc1ccnc(Nc2cc(NCCNS(=O)(=O)c3cc(C)ccc3C)nc(C)n2)c1. The van der Waals surface area contributed by atoms with E-state index in [-0.39, 0.29) is 6.54 Å². The Morgan fingerprint density at radius 1 is 0.833 bits per heavy atom. The lowest BCUT2D eigenvalue weighted by Crippen LogP contribution is -2.29. The number of benzene rings is 1. The van der Waals surface area contributed by atoms with Crippen LogP contribution in [0.2, 0.25) is 0 Å². The third-order valence-corrected chi connectivity index (χ3v) is 5.97. The summed E-state index contributed by atoms with van der Waals surface area (Å²) < 4.78 is 27.8. The molecule has 0 atom stereocenters. The zero-order valence-corrected chi connectivity index (χ0v) is 18.3. The van der Waals surface area contributed by atoms with Crippen LogP contribution < -0.4 is 15.4 Å². The Hall–Kier alpha value is -3.04. The van der Waals surface area contributed by atoms with E-state index in [1.165, 1.54) is 0 Å². The molecule has 3 aromatic rings. The molecule has 0 unspecified atom stereocenters. The number of aromatic nitrogens is 3. The van der Waals surface area contributed by atoms with Gasteiger partial charge >= 0.3 is 0 Å². The number of hydrogen-bond donors (Lipinski definition) is 3. The van der Waals surface area contributed by atoms with Crippen LogP contribution in [0, 0.1) is 27.7 Å². The minimum Gasteiger partial charge on any atom is -0.369 e. The molecule has 0 saturated heterocycles. The summed E-state index contributed by atoms with van der Waals surface area (Å²) in [6.07, 6.45) is 1.73. The Morgan fingerprint density at radius 2 is 1.57 bits per heavy atom. The van der Waals surface area contributed by atoms with Gasteiger partial charge in [0.25, 0.3) is 0 Å². The van der Waals surface area contributed by atoms with Crippen LogP contribution in [0.15, 0.2) is 47.5 Å². The van der Waals surface area contributed by atoms with Crippen LogP contribution in [0.3, 0.4) is 0 Å². The molecule has 8 nitrogen and oxygen atoms in total. The van der Waals surface area contributed by atoms with Crippen molar-refractivity contribution in [3.05, 3.63) is 65.1 Å².